The van der Waals surface area contributed by atoms with E-state index in [2.05, 4.69) is 35.2 Å². The molecule has 0 aliphatic carbocycles. The first-order chi connectivity index (χ1) is 7.34. The summed E-state index contributed by atoms with van der Waals surface area (Å²) < 4.78 is 0. The Kier molecular flexibility index (Phi) is 5.88. The molecule has 0 unspecified atom stereocenters. The molecule has 0 amide bonds. The summed E-state index contributed by atoms with van der Waals surface area (Å²) >= 11 is 0. The number of nitrogens with zero attached hydrogens (tertiary/aromatic N) is 1. The van der Waals surface area contributed by atoms with Gasteiger partial charge in [-0.1, -0.05) is 30.3 Å². The topological polar surface area (TPSA) is 29.3 Å². The summed E-state index contributed by atoms with van der Waals surface area (Å²) in [6, 6.07) is 10.8. The lowest BCUT2D eigenvalue weighted by Crippen LogP contribution is -2.37. The Balaban J connectivity index is 0.00000128. The van der Waals surface area contributed by atoms with Crippen molar-refractivity contribution >= 4 is 13.5 Å². The largest absolute Gasteiger partial charge is 0.326 e. The highest BCUT2D eigenvalue weighted by Crippen LogP contribution is 2.09. The standard InChI is InChI=1S/C13H20N2.H2S/c14-13(11-15-8-4-5-9-15)10-12-6-2-1-3-7-12;/h1-3,6-7,13H,4-5,8-11,14H2;1H2/t13-;/m0./s1. The molecule has 0 spiro atoms. The highest BCUT2D eigenvalue weighted by atomic mass is 32.1. The lowest BCUT2D eigenvalue weighted by Gasteiger charge is -2.20. The second kappa shape index (κ2) is 6.94. The van der Waals surface area contributed by atoms with Crippen molar-refractivity contribution in [3.8, 4) is 0 Å². The van der Waals surface area contributed by atoms with Crippen LogP contribution < -0.4 is 5.73 Å². The van der Waals surface area contributed by atoms with E-state index in [0.29, 0.717) is 0 Å². The van der Waals surface area contributed by atoms with E-state index < -0.39 is 0 Å². The number of nitrogens with two attached hydrogens (primary N) is 1. The van der Waals surface area contributed by atoms with Crippen LogP contribution >= 0.6 is 13.5 Å². The van der Waals surface area contributed by atoms with Crippen LogP contribution in [0.3, 0.4) is 0 Å². The fourth-order valence-electron chi connectivity index (χ4n) is 2.28. The minimum Gasteiger partial charge on any atom is -0.326 e. The van der Waals surface area contributed by atoms with Gasteiger partial charge in [-0.2, -0.15) is 13.5 Å². The van der Waals surface area contributed by atoms with E-state index in [0.717, 1.165) is 13.0 Å². The molecule has 1 atom stereocenters. The third-order valence-corrected chi connectivity index (χ3v) is 3.03. The van der Waals surface area contributed by atoms with Crippen LogP contribution in [-0.2, 0) is 6.42 Å². The molecule has 0 saturated carbocycles. The van der Waals surface area contributed by atoms with Crippen molar-refractivity contribution in [2.45, 2.75) is 25.3 Å². The number of hydrogen-bond acceptors (Lipinski definition) is 2. The summed E-state index contributed by atoms with van der Waals surface area (Å²) in [5, 5.41) is 0. The van der Waals surface area contributed by atoms with Gasteiger partial charge in [-0.15, -0.1) is 0 Å². The fraction of sp³-hybridized carbons (Fsp3) is 0.538. The third-order valence-electron chi connectivity index (χ3n) is 3.03. The zero-order valence-electron chi connectivity index (χ0n) is 9.73. The summed E-state index contributed by atoms with van der Waals surface area (Å²) in [4.78, 5) is 2.48. The zero-order valence-corrected chi connectivity index (χ0v) is 10.7. The van der Waals surface area contributed by atoms with Gasteiger partial charge in [0.05, 0.1) is 0 Å². The van der Waals surface area contributed by atoms with Crippen LogP contribution in [0, 0.1) is 0 Å². The van der Waals surface area contributed by atoms with Crippen LogP contribution in [0.15, 0.2) is 30.3 Å². The number of rotatable bonds is 4. The predicted octanol–water partition coefficient (Wildman–Crippen LogP) is 1.77. The van der Waals surface area contributed by atoms with E-state index in [4.69, 9.17) is 5.73 Å². The molecule has 1 aliphatic heterocycles. The molecule has 1 aliphatic rings. The summed E-state index contributed by atoms with van der Waals surface area (Å²) in [7, 11) is 0. The van der Waals surface area contributed by atoms with Crippen LogP contribution in [-0.4, -0.2) is 30.6 Å². The Bertz CT molecular complexity index is 283. The highest BCUT2D eigenvalue weighted by molar-refractivity contribution is 7.59. The first-order valence-electron chi connectivity index (χ1n) is 5.86. The second-order valence-corrected chi connectivity index (χ2v) is 4.46. The fourth-order valence-corrected chi connectivity index (χ4v) is 2.28. The van der Waals surface area contributed by atoms with E-state index >= 15 is 0 Å². The maximum Gasteiger partial charge on any atom is 0.0208 e. The van der Waals surface area contributed by atoms with Gasteiger partial charge in [0, 0.05) is 12.6 Å². The molecule has 1 aromatic carbocycles. The molecule has 90 valence electrons. The summed E-state index contributed by atoms with van der Waals surface area (Å²) in [5.41, 5.74) is 7.49. The third kappa shape index (κ3) is 4.16. The summed E-state index contributed by atoms with van der Waals surface area (Å²) in [5.74, 6) is 0. The van der Waals surface area contributed by atoms with Crippen LogP contribution in [0.1, 0.15) is 18.4 Å². The van der Waals surface area contributed by atoms with Crippen LogP contribution in [0.5, 0.6) is 0 Å². The Morgan fingerprint density at radius 3 is 2.38 bits per heavy atom. The molecule has 0 aromatic heterocycles. The van der Waals surface area contributed by atoms with E-state index in [-0.39, 0.29) is 19.5 Å². The van der Waals surface area contributed by atoms with Crippen molar-refractivity contribution in [2.24, 2.45) is 5.73 Å². The first-order valence-corrected chi connectivity index (χ1v) is 5.86. The second-order valence-electron chi connectivity index (χ2n) is 4.46. The van der Waals surface area contributed by atoms with Gasteiger partial charge < -0.3 is 10.6 Å². The summed E-state index contributed by atoms with van der Waals surface area (Å²) in [6.07, 6.45) is 3.69. The highest BCUT2D eigenvalue weighted by Gasteiger charge is 2.14. The maximum absolute atomic E-state index is 6.14. The molecule has 0 bridgehead atoms. The van der Waals surface area contributed by atoms with Crippen molar-refractivity contribution < 1.29 is 0 Å². The van der Waals surface area contributed by atoms with Crippen molar-refractivity contribution in [2.75, 3.05) is 19.6 Å². The molecule has 2 nitrogen and oxygen atoms in total. The Hall–Kier alpha value is -0.510. The number of likely N-dealkylation sites (tertiary alicyclic amines) is 1. The van der Waals surface area contributed by atoms with E-state index in [9.17, 15) is 0 Å². The van der Waals surface area contributed by atoms with Gasteiger partial charge in [-0.3, -0.25) is 0 Å². The molecule has 16 heavy (non-hydrogen) atoms. The van der Waals surface area contributed by atoms with Crippen molar-refractivity contribution in [1.29, 1.82) is 0 Å². The Morgan fingerprint density at radius 1 is 1.12 bits per heavy atom. The normalized spacial score (nSPS) is 18.1. The maximum atomic E-state index is 6.14. The van der Waals surface area contributed by atoms with Gasteiger partial charge >= 0.3 is 0 Å². The van der Waals surface area contributed by atoms with Gasteiger partial charge in [-0.25, -0.2) is 0 Å². The predicted molar refractivity (Wildman–Crippen MR) is 74.2 cm³/mol. The minimum absolute atomic E-state index is 0. The molecule has 1 fully saturated rings. The zero-order chi connectivity index (χ0) is 10.5. The van der Waals surface area contributed by atoms with Crippen molar-refractivity contribution in [1.82, 2.24) is 4.90 Å². The molecule has 1 aromatic rings. The molecule has 2 rings (SSSR count). The van der Waals surface area contributed by atoms with E-state index in [1.54, 1.807) is 0 Å². The smallest absolute Gasteiger partial charge is 0.0208 e. The molecular formula is C13H22N2S. The van der Waals surface area contributed by atoms with Crippen LogP contribution in [0.4, 0.5) is 0 Å². The minimum atomic E-state index is 0. The quantitative estimate of drug-likeness (QED) is 0.866. The first kappa shape index (κ1) is 13.6. The SMILES string of the molecule is N[C@@H](Cc1ccccc1)CN1CCCC1.S. The molecule has 0 radical (unpaired) electrons. The monoisotopic (exact) mass is 238 g/mol. The average Bonchev–Trinajstić information content (AvgIpc) is 2.71. The molecule has 1 heterocycles. The van der Waals surface area contributed by atoms with Crippen molar-refractivity contribution in [3.63, 3.8) is 0 Å². The lowest BCUT2D eigenvalue weighted by molar-refractivity contribution is 0.313. The molecule has 2 N–H and O–H groups in total. The van der Waals surface area contributed by atoms with Gasteiger partial charge in [0.1, 0.15) is 0 Å². The van der Waals surface area contributed by atoms with Crippen LogP contribution in [0.2, 0.25) is 0 Å². The average molecular weight is 238 g/mol. The van der Waals surface area contributed by atoms with Crippen molar-refractivity contribution in [3.05, 3.63) is 35.9 Å². The molecular weight excluding hydrogens is 216 g/mol. The van der Waals surface area contributed by atoms with Gasteiger partial charge in [0.25, 0.3) is 0 Å². The lowest BCUT2D eigenvalue weighted by atomic mass is 10.1. The van der Waals surface area contributed by atoms with E-state index in [1.165, 1.54) is 31.5 Å². The Labute approximate surface area is 105 Å². The number of hydrogen-bond donors (Lipinski definition) is 1. The molecule has 1 saturated heterocycles. The van der Waals surface area contributed by atoms with Gasteiger partial charge in [0.15, 0.2) is 0 Å². The van der Waals surface area contributed by atoms with Crippen LogP contribution in [0.25, 0.3) is 0 Å². The summed E-state index contributed by atoms with van der Waals surface area (Å²) in [6.45, 7) is 3.53. The van der Waals surface area contributed by atoms with Gasteiger partial charge in [-0.05, 0) is 37.9 Å². The Morgan fingerprint density at radius 2 is 1.75 bits per heavy atom. The van der Waals surface area contributed by atoms with E-state index in [1.807, 2.05) is 0 Å². The van der Waals surface area contributed by atoms with Gasteiger partial charge in [0.2, 0.25) is 0 Å². The molecule has 3 heteroatoms. The number of benzene rings is 1.